The van der Waals surface area contributed by atoms with Crippen LogP contribution in [0.2, 0.25) is 0 Å². The molecule has 82 valence electrons. The second-order valence-electron chi connectivity index (χ2n) is 3.95. The fraction of sp³-hybridized carbons (Fsp3) is 0.231. The lowest BCUT2D eigenvalue weighted by Gasteiger charge is -2.07. The van der Waals surface area contributed by atoms with Gasteiger partial charge in [0.1, 0.15) is 10.4 Å². The normalized spacial score (nSPS) is 10.8. The van der Waals surface area contributed by atoms with Gasteiger partial charge in [0.05, 0.1) is 5.69 Å². The summed E-state index contributed by atoms with van der Waals surface area (Å²) in [7, 11) is 0. The molecule has 0 radical (unpaired) electrons. The number of nitrogens with zero attached hydrogens (tertiary/aromatic N) is 2. The smallest absolute Gasteiger partial charge is 0.132 e. The monoisotopic (exact) mass is 276 g/mol. The van der Waals surface area contributed by atoms with Crippen LogP contribution in [0, 0.1) is 0 Å². The second kappa shape index (κ2) is 4.74. The highest BCUT2D eigenvalue weighted by Gasteiger charge is 2.07. The van der Waals surface area contributed by atoms with Gasteiger partial charge in [0.2, 0.25) is 0 Å². The van der Waals surface area contributed by atoms with E-state index in [-0.39, 0.29) is 0 Å². The van der Waals surface area contributed by atoms with E-state index in [2.05, 4.69) is 51.9 Å². The minimum Gasteiger partial charge on any atom is -0.233 e. The molecule has 0 N–H and O–H groups in total. The second-order valence-corrected chi connectivity index (χ2v) is 4.77. The molecule has 0 saturated carbocycles. The quantitative estimate of drug-likeness (QED) is 0.774. The number of halogens is 1. The molecule has 2 nitrogen and oxygen atoms in total. The Kier molecular flexibility index (Phi) is 3.34. The third-order valence-corrected chi connectivity index (χ3v) is 2.70. The van der Waals surface area contributed by atoms with Gasteiger partial charge in [-0.1, -0.05) is 44.2 Å². The highest BCUT2D eigenvalue weighted by atomic mass is 79.9. The van der Waals surface area contributed by atoms with E-state index in [1.165, 1.54) is 0 Å². The van der Waals surface area contributed by atoms with Crippen LogP contribution in [0.25, 0.3) is 11.3 Å². The summed E-state index contributed by atoms with van der Waals surface area (Å²) in [6.07, 6.45) is 0. The summed E-state index contributed by atoms with van der Waals surface area (Å²) in [5, 5.41) is 0. The zero-order valence-corrected chi connectivity index (χ0v) is 10.9. The summed E-state index contributed by atoms with van der Waals surface area (Å²) in [4.78, 5) is 8.93. The molecule has 3 heteroatoms. The van der Waals surface area contributed by atoms with Crippen molar-refractivity contribution in [2.75, 3.05) is 0 Å². The van der Waals surface area contributed by atoms with Crippen LogP contribution in [0.3, 0.4) is 0 Å². The molecular weight excluding hydrogens is 264 g/mol. The van der Waals surface area contributed by atoms with Gasteiger partial charge in [-0.3, -0.25) is 0 Å². The van der Waals surface area contributed by atoms with E-state index in [4.69, 9.17) is 0 Å². The predicted molar refractivity (Wildman–Crippen MR) is 69.3 cm³/mol. The molecular formula is C13H13BrN2. The number of hydrogen-bond acceptors (Lipinski definition) is 2. The molecule has 0 aliphatic heterocycles. The zero-order chi connectivity index (χ0) is 11.5. The minimum absolute atomic E-state index is 0.333. The average molecular weight is 277 g/mol. The molecule has 2 aromatic rings. The van der Waals surface area contributed by atoms with E-state index < -0.39 is 0 Å². The van der Waals surface area contributed by atoms with Crippen molar-refractivity contribution < 1.29 is 0 Å². The molecule has 0 aliphatic rings. The van der Waals surface area contributed by atoms with Gasteiger partial charge >= 0.3 is 0 Å². The maximum atomic E-state index is 4.56. The van der Waals surface area contributed by atoms with Gasteiger partial charge in [-0.25, -0.2) is 9.97 Å². The molecule has 1 aromatic heterocycles. The number of aromatic nitrogens is 2. The summed E-state index contributed by atoms with van der Waals surface area (Å²) in [6.45, 7) is 4.19. The van der Waals surface area contributed by atoms with Gasteiger partial charge < -0.3 is 0 Å². The van der Waals surface area contributed by atoms with E-state index >= 15 is 0 Å². The first-order valence-electron chi connectivity index (χ1n) is 5.26. The van der Waals surface area contributed by atoms with Crippen molar-refractivity contribution in [3.05, 3.63) is 46.8 Å². The SMILES string of the molecule is CC(C)c1nc(Br)cc(-c2ccccc2)n1. The lowest BCUT2D eigenvalue weighted by Crippen LogP contribution is -1.99. The Morgan fingerprint density at radius 2 is 1.75 bits per heavy atom. The van der Waals surface area contributed by atoms with E-state index in [0.29, 0.717) is 5.92 Å². The molecule has 0 saturated heterocycles. The van der Waals surface area contributed by atoms with E-state index in [1.54, 1.807) is 0 Å². The van der Waals surface area contributed by atoms with Crippen molar-refractivity contribution in [1.29, 1.82) is 0 Å². The van der Waals surface area contributed by atoms with Crippen LogP contribution in [-0.2, 0) is 0 Å². The third kappa shape index (κ3) is 2.47. The summed E-state index contributed by atoms with van der Waals surface area (Å²) < 4.78 is 0.838. The number of hydrogen-bond donors (Lipinski definition) is 0. The minimum atomic E-state index is 0.333. The average Bonchev–Trinajstić information content (AvgIpc) is 2.29. The van der Waals surface area contributed by atoms with E-state index in [1.807, 2.05) is 24.3 Å². The fourth-order valence-corrected chi connectivity index (χ4v) is 1.85. The lowest BCUT2D eigenvalue weighted by molar-refractivity contribution is 0.771. The standard InChI is InChI=1S/C13H13BrN2/c1-9(2)13-15-11(8-12(14)16-13)10-6-4-3-5-7-10/h3-9H,1-2H3. The third-order valence-electron chi connectivity index (χ3n) is 2.30. The Morgan fingerprint density at radius 1 is 1.06 bits per heavy atom. The Labute approximate surface area is 104 Å². The predicted octanol–water partition coefficient (Wildman–Crippen LogP) is 4.03. The molecule has 0 amide bonds. The van der Waals surface area contributed by atoms with Crippen LogP contribution in [-0.4, -0.2) is 9.97 Å². The van der Waals surface area contributed by atoms with Gasteiger partial charge in [-0.2, -0.15) is 0 Å². The molecule has 0 fully saturated rings. The molecule has 2 rings (SSSR count). The van der Waals surface area contributed by atoms with Gasteiger partial charge in [0.25, 0.3) is 0 Å². The van der Waals surface area contributed by atoms with Crippen LogP contribution in [0.5, 0.6) is 0 Å². The van der Waals surface area contributed by atoms with Crippen molar-refractivity contribution >= 4 is 15.9 Å². The molecule has 0 aliphatic carbocycles. The number of benzene rings is 1. The van der Waals surface area contributed by atoms with Gasteiger partial charge in [0, 0.05) is 11.5 Å². The lowest BCUT2D eigenvalue weighted by atomic mass is 10.1. The van der Waals surface area contributed by atoms with Crippen LogP contribution in [0.4, 0.5) is 0 Å². The molecule has 1 aromatic carbocycles. The first-order valence-corrected chi connectivity index (χ1v) is 6.06. The van der Waals surface area contributed by atoms with Crippen molar-refractivity contribution in [2.24, 2.45) is 0 Å². The highest BCUT2D eigenvalue weighted by molar-refractivity contribution is 9.10. The largest absolute Gasteiger partial charge is 0.233 e. The summed E-state index contributed by atoms with van der Waals surface area (Å²) in [6, 6.07) is 12.1. The van der Waals surface area contributed by atoms with Crippen molar-refractivity contribution in [1.82, 2.24) is 9.97 Å². The molecule has 0 unspecified atom stereocenters. The van der Waals surface area contributed by atoms with E-state index in [0.717, 1.165) is 21.7 Å². The molecule has 0 spiro atoms. The number of rotatable bonds is 2. The molecule has 1 heterocycles. The molecule has 0 atom stereocenters. The Bertz CT molecular complexity index is 481. The van der Waals surface area contributed by atoms with Gasteiger partial charge in [-0.05, 0) is 22.0 Å². The maximum Gasteiger partial charge on any atom is 0.132 e. The summed E-state index contributed by atoms with van der Waals surface area (Å²) >= 11 is 3.43. The summed E-state index contributed by atoms with van der Waals surface area (Å²) in [5.41, 5.74) is 2.08. The Morgan fingerprint density at radius 3 is 2.38 bits per heavy atom. The first-order chi connectivity index (χ1) is 7.66. The van der Waals surface area contributed by atoms with Crippen LogP contribution in [0.1, 0.15) is 25.6 Å². The van der Waals surface area contributed by atoms with Crippen molar-refractivity contribution in [3.8, 4) is 11.3 Å². The van der Waals surface area contributed by atoms with Gasteiger partial charge in [0.15, 0.2) is 0 Å². The highest BCUT2D eigenvalue weighted by Crippen LogP contribution is 2.22. The zero-order valence-electron chi connectivity index (χ0n) is 9.31. The summed E-state index contributed by atoms with van der Waals surface area (Å²) in [5.74, 6) is 1.20. The van der Waals surface area contributed by atoms with Crippen molar-refractivity contribution in [2.45, 2.75) is 19.8 Å². The maximum absolute atomic E-state index is 4.56. The van der Waals surface area contributed by atoms with Gasteiger partial charge in [-0.15, -0.1) is 0 Å². The van der Waals surface area contributed by atoms with Crippen LogP contribution < -0.4 is 0 Å². The van der Waals surface area contributed by atoms with Crippen LogP contribution >= 0.6 is 15.9 Å². The van der Waals surface area contributed by atoms with E-state index in [9.17, 15) is 0 Å². The van der Waals surface area contributed by atoms with Crippen molar-refractivity contribution in [3.63, 3.8) is 0 Å². The first kappa shape index (κ1) is 11.3. The van der Waals surface area contributed by atoms with Crippen LogP contribution in [0.15, 0.2) is 41.0 Å². The Balaban J connectivity index is 2.50. The molecule has 0 bridgehead atoms. The molecule has 16 heavy (non-hydrogen) atoms. The fourth-order valence-electron chi connectivity index (χ4n) is 1.45. The Hall–Kier alpha value is -1.22. The topological polar surface area (TPSA) is 25.8 Å².